The molecule has 3 rings (SSSR count). The van der Waals surface area contributed by atoms with E-state index >= 15 is 0 Å². The molecular weight excluding hydrogens is 376 g/mol. The number of benzene rings is 2. The van der Waals surface area contributed by atoms with E-state index in [2.05, 4.69) is 15.7 Å². The van der Waals surface area contributed by atoms with E-state index in [4.69, 9.17) is 0 Å². The lowest BCUT2D eigenvalue weighted by Gasteiger charge is -2.10. The highest BCUT2D eigenvalue weighted by atomic mass is 16.2. The summed E-state index contributed by atoms with van der Waals surface area (Å²) in [6.45, 7) is 6.78. The van der Waals surface area contributed by atoms with E-state index < -0.39 is 0 Å². The number of hydrogen-bond donors (Lipinski definition) is 2. The van der Waals surface area contributed by atoms with Crippen molar-refractivity contribution in [2.24, 2.45) is 5.92 Å². The molecule has 6 nitrogen and oxygen atoms in total. The van der Waals surface area contributed by atoms with Gasteiger partial charge in [-0.2, -0.15) is 5.10 Å². The summed E-state index contributed by atoms with van der Waals surface area (Å²) in [6.07, 6.45) is 2.36. The Bertz CT molecular complexity index is 992. The third kappa shape index (κ3) is 5.35. The molecule has 0 atom stereocenters. The first-order valence-electron chi connectivity index (χ1n) is 10.2. The van der Waals surface area contributed by atoms with E-state index in [1.165, 1.54) is 0 Å². The van der Waals surface area contributed by atoms with Gasteiger partial charge in [0, 0.05) is 18.2 Å². The van der Waals surface area contributed by atoms with Crippen molar-refractivity contribution in [2.45, 2.75) is 40.3 Å². The molecule has 0 unspecified atom stereocenters. The fourth-order valence-electron chi connectivity index (χ4n) is 3.14. The number of hydrogen-bond acceptors (Lipinski definition) is 3. The number of nitrogens with zero attached hydrogens (tertiary/aromatic N) is 2. The van der Waals surface area contributed by atoms with Crippen LogP contribution in [0.4, 0.5) is 5.69 Å². The summed E-state index contributed by atoms with van der Waals surface area (Å²) < 4.78 is 1.89. The number of amides is 2. The van der Waals surface area contributed by atoms with E-state index in [0.29, 0.717) is 18.7 Å². The van der Waals surface area contributed by atoms with Crippen LogP contribution in [0.1, 0.15) is 48.0 Å². The zero-order valence-electron chi connectivity index (χ0n) is 17.7. The van der Waals surface area contributed by atoms with Crippen molar-refractivity contribution in [2.75, 3.05) is 5.32 Å². The van der Waals surface area contributed by atoms with E-state index in [1.54, 1.807) is 6.20 Å². The van der Waals surface area contributed by atoms with Crippen LogP contribution in [0.25, 0.3) is 0 Å². The molecule has 0 saturated carbocycles. The normalized spacial score (nSPS) is 10.8. The monoisotopic (exact) mass is 404 g/mol. The van der Waals surface area contributed by atoms with Crippen LogP contribution in [0.2, 0.25) is 0 Å². The average molecular weight is 405 g/mol. The summed E-state index contributed by atoms with van der Waals surface area (Å²) in [5.74, 6) is -0.224. The lowest BCUT2D eigenvalue weighted by Crippen LogP contribution is -2.24. The van der Waals surface area contributed by atoms with Gasteiger partial charge in [0.05, 0.1) is 24.0 Å². The molecule has 3 aromatic rings. The molecule has 0 aliphatic heterocycles. The van der Waals surface area contributed by atoms with E-state index in [-0.39, 0.29) is 17.7 Å². The van der Waals surface area contributed by atoms with Crippen LogP contribution < -0.4 is 10.6 Å². The fraction of sp³-hybridized carbons (Fsp3) is 0.292. The van der Waals surface area contributed by atoms with Gasteiger partial charge in [-0.25, -0.2) is 0 Å². The van der Waals surface area contributed by atoms with Crippen LogP contribution in [0.15, 0.2) is 60.8 Å². The minimum Gasteiger partial charge on any atom is -0.348 e. The molecule has 0 radical (unpaired) electrons. The highest BCUT2D eigenvalue weighted by Gasteiger charge is 2.16. The lowest BCUT2D eigenvalue weighted by molar-refractivity contribution is -0.118. The number of carbonyl (C=O) groups excluding carboxylic acids is 2. The van der Waals surface area contributed by atoms with Gasteiger partial charge < -0.3 is 10.6 Å². The highest BCUT2D eigenvalue weighted by Crippen LogP contribution is 2.14. The summed E-state index contributed by atoms with van der Waals surface area (Å²) >= 11 is 0. The predicted octanol–water partition coefficient (Wildman–Crippen LogP) is 4.02. The maximum atomic E-state index is 12.7. The molecule has 0 bridgehead atoms. The predicted molar refractivity (Wildman–Crippen MR) is 118 cm³/mol. The maximum absolute atomic E-state index is 12.7. The zero-order valence-corrected chi connectivity index (χ0v) is 17.7. The standard InChI is InChI=1S/C24H28N4O2/c1-4-22-21(15-26-28(22)16-19-8-6-5-7-9-19)24(30)25-14-18-10-12-20(13-11-18)27-23(29)17(2)3/h5-13,15,17H,4,14,16H2,1-3H3,(H,25,30)(H,27,29). The van der Waals surface area contributed by atoms with Gasteiger partial charge in [-0.3, -0.25) is 14.3 Å². The van der Waals surface area contributed by atoms with Crippen molar-refractivity contribution in [3.05, 3.63) is 83.2 Å². The Morgan fingerprint density at radius 2 is 1.70 bits per heavy atom. The highest BCUT2D eigenvalue weighted by molar-refractivity contribution is 5.95. The molecule has 156 valence electrons. The van der Waals surface area contributed by atoms with Crippen molar-refractivity contribution in [1.29, 1.82) is 0 Å². The molecular formula is C24H28N4O2. The summed E-state index contributed by atoms with van der Waals surface area (Å²) in [5, 5.41) is 10.3. The Hall–Kier alpha value is -3.41. The first-order valence-corrected chi connectivity index (χ1v) is 10.2. The topological polar surface area (TPSA) is 76.0 Å². The number of nitrogens with one attached hydrogen (secondary N) is 2. The van der Waals surface area contributed by atoms with Gasteiger partial charge in [0.25, 0.3) is 5.91 Å². The minimum atomic E-state index is -0.136. The summed E-state index contributed by atoms with van der Waals surface area (Å²) in [7, 11) is 0. The number of aromatic nitrogens is 2. The SMILES string of the molecule is CCc1c(C(=O)NCc2ccc(NC(=O)C(C)C)cc2)cnn1Cc1ccccc1. The second-order valence-electron chi connectivity index (χ2n) is 7.53. The summed E-state index contributed by atoms with van der Waals surface area (Å²) in [5.41, 5.74) is 4.38. The van der Waals surface area contributed by atoms with Gasteiger partial charge in [-0.1, -0.05) is 63.2 Å². The largest absolute Gasteiger partial charge is 0.348 e. The second kappa shape index (κ2) is 9.87. The molecule has 0 aliphatic carbocycles. The molecule has 6 heteroatoms. The van der Waals surface area contributed by atoms with Crippen molar-refractivity contribution in [3.63, 3.8) is 0 Å². The molecule has 1 heterocycles. The summed E-state index contributed by atoms with van der Waals surface area (Å²) in [4.78, 5) is 24.5. The molecule has 0 saturated heterocycles. The first kappa shape index (κ1) is 21.3. The Morgan fingerprint density at radius 3 is 2.33 bits per heavy atom. The molecule has 0 spiro atoms. The molecule has 2 aromatic carbocycles. The van der Waals surface area contributed by atoms with Crippen molar-refractivity contribution < 1.29 is 9.59 Å². The molecule has 2 N–H and O–H groups in total. The van der Waals surface area contributed by atoms with Crippen LogP contribution in [0, 0.1) is 5.92 Å². The Morgan fingerprint density at radius 1 is 1.00 bits per heavy atom. The average Bonchev–Trinajstić information content (AvgIpc) is 3.16. The minimum absolute atomic E-state index is 0.0179. The number of rotatable bonds is 8. The van der Waals surface area contributed by atoms with Crippen LogP contribution in [0.5, 0.6) is 0 Å². The van der Waals surface area contributed by atoms with Gasteiger partial charge >= 0.3 is 0 Å². The van der Waals surface area contributed by atoms with Crippen molar-refractivity contribution >= 4 is 17.5 Å². The van der Waals surface area contributed by atoms with Crippen LogP contribution in [-0.2, 0) is 24.3 Å². The maximum Gasteiger partial charge on any atom is 0.255 e. The quantitative estimate of drug-likeness (QED) is 0.595. The molecule has 1 aromatic heterocycles. The Kier molecular flexibility index (Phi) is 7.01. The van der Waals surface area contributed by atoms with Gasteiger partial charge in [-0.05, 0) is 29.7 Å². The smallest absolute Gasteiger partial charge is 0.255 e. The van der Waals surface area contributed by atoms with E-state index in [9.17, 15) is 9.59 Å². The number of anilines is 1. The summed E-state index contributed by atoms with van der Waals surface area (Å²) in [6, 6.07) is 17.6. The van der Waals surface area contributed by atoms with Crippen molar-refractivity contribution in [1.82, 2.24) is 15.1 Å². The molecule has 0 fully saturated rings. The molecule has 2 amide bonds. The second-order valence-corrected chi connectivity index (χ2v) is 7.53. The van der Waals surface area contributed by atoms with E-state index in [0.717, 1.165) is 28.9 Å². The van der Waals surface area contributed by atoms with Gasteiger partial charge in [-0.15, -0.1) is 0 Å². The van der Waals surface area contributed by atoms with Gasteiger partial charge in [0.15, 0.2) is 0 Å². The van der Waals surface area contributed by atoms with Crippen LogP contribution in [-0.4, -0.2) is 21.6 Å². The van der Waals surface area contributed by atoms with Gasteiger partial charge in [0.1, 0.15) is 0 Å². The Labute approximate surface area is 177 Å². The zero-order chi connectivity index (χ0) is 21.5. The first-order chi connectivity index (χ1) is 14.5. The fourth-order valence-corrected chi connectivity index (χ4v) is 3.14. The van der Waals surface area contributed by atoms with E-state index in [1.807, 2.05) is 80.1 Å². The van der Waals surface area contributed by atoms with Crippen LogP contribution >= 0.6 is 0 Å². The van der Waals surface area contributed by atoms with Gasteiger partial charge in [0.2, 0.25) is 5.91 Å². The van der Waals surface area contributed by atoms with Crippen molar-refractivity contribution in [3.8, 4) is 0 Å². The third-order valence-electron chi connectivity index (χ3n) is 4.90. The molecule has 0 aliphatic rings. The number of carbonyl (C=O) groups is 2. The third-order valence-corrected chi connectivity index (χ3v) is 4.90. The van der Waals surface area contributed by atoms with Crippen LogP contribution in [0.3, 0.4) is 0 Å². The Balaban J connectivity index is 1.61. The lowest BCUT2D eigenvalue weighted by atomic mass is 10.1. The molecule has 30 heavy (non-hydrogen) atoms.